The standard InChI is InChI=1S/C24H17NO5/c26-24-21-14-13-20(29-16-18-9-11-19(12-10-18)25(27)28)15-23(21)30-22(24)8-4-7-17-5-2-1-3-6-17/h1-15H,16H2/b7-4+,22-8-. The number of non-ortho nitro benzene ring substituents is 1. The van der Waals surface area contributed by atoms with Crippen LogP contribution in [0, 0.1) is 10.1 Å². The lowest BCUT2D eigenvalue weighted by Gasteiger charge is -2.07. The Balaban J connectivity index is 1.42. The van der Waals surface area contributed by atoms with Gasteiger partial charge in [-0.3, -0.25) is 14.9 Å². The van der Waals surface area contributed by atoms with E-state index >= 15 is 0 Å². The van der Waals surface area contributed by atoms with Crippen LogP contribution in [0.5, 0.6) is 11.5 Å². The molecule has 0 amide bonds. The molecule has 3 aromatic carbocycles. The Kier molecular flexibility index (Phi) is 5.39. The van der Waals surface area contributed by atoms with Crippen molar-refractivity contribution in [2.45, 2.75) is 6.61 Å². The van der Waals surface area contributed by atoms with Crippen LogP contribution < -0.4 is 9.47 Å². The van der Waals surface area contributed by atoms with Crippen molar-refractivity contribution in [3.63, 3.8) is 0 Å². The molecule has 3 aromatic rings. The van der Waals surface area contributed by atoms with Crippen molar-refractivity contribution in [2.75, 3.05) is 0 Å². The Morgan fingerprint density at radius 2 is 1.77 bits per heavy atom. The molecule has 0 spiro atoms. The highest BCUT2D eigenvalue weighted by Crippen LogP contribution is 2.34. The summed E-state index contributed by atoms with van der Waals surface area (Å²) in [4.78, 5) is 22.8. The second kappa shape index (κ2) is 8.45. The number of Topliss-reactive ketones (excluding diaryl/α,β-unsaturated/α-hetero) is 1. The van der Waals surface area contributed by atoms with Crippen molar-refractivity contribution in [2.24, 2.45) is 0 Å². The first kappa shape index (κ1) is 19.1. The second-order valence-corrected chi connectivity index (χ2v) is 6.60. The Bertz CT molecular complexity index is 1150. The van der Waals surface area contributed by atoms with E-state index in [4.69, 9.17) is 9.47 Å². The SMILES string of the molecule is O=C1/C(=C/C=C/c2ccccc2)Oc2cc(OCc3ccc([N+](=O)[O-])cc3)ccc21. The van der Waals surface area contributed by atoms with Gasteiger partial charge < -0.3 is 9.47 Å². The fourth-order valence-electron chi connectivity index (χ4n) is 2.96. The number of ketones is 1. The maximum atomic E-state index is 12.5. The largest absolute Gasteiger partial charge is 0.489 e. The maximum absolute atomic E-state index is 12.5. The zero-order valence-electron chi connectivity index (χ0n) is 15.9. The Hall–Kier alpha value is -4.19. The number of carbonyl (C=O) groups excluding carboxylic acids is 1. The monoisotopic (exact) mass is 399 g/mol. The molecule has 0 bridgehead atoms. The van der Waals surface area contributed by atoms with Gasteiger partial charge in [0.25, 0.3) is 5.69 Å². The number of benzene rings is 3. The summed E-state index contributed by atoms with van der Waals surface area (Å²) in [5, 5.41) is 10.7. The third kappa shape index (κ3) is 4.28. The summed E-state index contributed by atoms with van der Waals surface area (Å²) in [6, 6.07) is 21.0. The average molecular weight is 399 g/mol. The van der Waals surface area contributed by atoms with E-state index in [1.807, 2.05) is 36.4 Å². The van der Waals surface area contributed by atoms with Crippen LogP contribution in [0.25, 0.3) is 6.08 Å². The predicted molar refractivity (Wildman–Crippen MR) is 112 cm³/mol. The number of nitro groups is 1. The van der Waals surface area contributed by atoms with Gasteiger partial charge in [-0.15, -0.1) is 0 Å². The summed E-state index contributed by atoms with van der Waals surface area (Å²) < 4.78 is 11.4. The molecule has 0 aliphatic carbocycles. The minimum absolute atomic E-state index is 0.0313. The van der Waals surface area contributed by atoms with Gasteiger partial charge in [-0.05, 0) is 41.5 Å². The third-order valence-corrected chi connectivity index (χ3v) is 4.53. The van der Waals surface area contributed by atoms with Crippen LogP contribution in [0.4, 0.5) is 5.69 Å². The molecule has 1 heterocycles. The quantitative estimate of drug-likeness (QED) is 0.317. The van der Waals surface area contributed by atoms with Crippen LogP contribution >= 0.6 is 0 Å². The normalized spacial score (nSPS) is 14.0. The molecule has 0 aromatic heterocycles. The zero-order valence-corrected chi connectivity index (χ0v) is 15.9. The third-order valence-electron chi connectivity index (χ3n) is 4.53. The number of nitro benzene ring substituents is 1. The van der Waals surface area contributed by atoms with E-state index in [1.165, 1.54) is 12.1 Å². The molecule has 6 heteroatoms. The first-order valence-corrected chi connectivity index (χ1v) is 9.26. The van der Waals surface area contributed by atoms with Crippen LogP contribution in [0.15, 0.2) is 90.7 Å². The topological polar surface area (TPSA) is 78.7 Å². The first-order valence-electron chi connectivity index (χ1n) is 9.26. The van der Waals surface area contributed by atoms with E-state index in [0.717, 1.165) is 11.1 Å². The summed E-state index contributed by atoms with van der Waals surface area (Å²) >= 11 is 0. The minimum Gasteiger partial charge on any atom is -0.489 e. The summed E-state index contributed by atoms with van der Waals surface area (Å²) in [7, 11) is 0. The van der Waals surface area contributed by atoms with Gasteiger partial charge in [0.2, 0.25) is 5.78 Å². The van der Waals surface area contributed by atoms with Crippen molar-refractivity contribution in [1.29, 1.82) is 0 Å². The van der Waals surface area contributed by atoms with Crippen LogP contribution in [0.2, 0.25) is 0 Å². The number of ether oxygens (including phenoxy) is 2. The van der Waals surface area contributed by atoms with E-state index in [1.54, 1.807) is 42.5 Å². The van der Waals surface area contributed by atoms with Gasteiger partial charge in [-0.2, -0.15) is 0 Å². The molecular formula is C24H17NO5. The summed E-state index contributed by atoms with van der Waals surface area (Å²) in [5.74, 6) is 1.07. The molecule has 6 nitrogen and oxygen atoms in total. The van der Waals surface area contributed by atoms with Gasteiger partial charge in [-0.25, -0.2) is 0 Å². The van der Waals surface area contributed by atoms with E-state index in [-0.39, 0.29) is 23.8 Å². The molecule has 1 aliphatic heterocycles. The molecule has 0 N–H and O–H groups in total. The van der Waals surface area contributed by atoms with Crippen molar-refractivity contribution >= 4 is 17.5 Å². The number of fused-ring (bicyclic) bond motifs is 1. The highest BCUT2D eigenvalue weighted by molar-refractivity contribution is 6.12. The van der Waals surface area contributed by atoms with Crippen LogP contribution in [-0.4, -0.2) is 10.7 Å². The van der Waals surface area contributed by atoms with Crippen molar-refractivity contribution in [1.82, 2.24) is 0 Å². The van der Waals surface area contributed by atoms with Crippen molar-refractivity contribution < 1.29 is 19.2 Å². The second-order valence-electron chi connectivity index (χ2n) is 6.60. The highest BCUT2D eigenvalue weighted by atomic mass is 16.6. The van der Waals surface area contributed by atoms with Gasteiger partial charge in [0.1, 0.15) is 18.1 Å². The number of hydrogen-bond donors (Lipinski definition) is 0. The number of nitrogens with zero attached hydrogens (tertiary/aromatic N) is 1. The van der Waals surface area contributed by atoms with Gasteiger partial charge in [0.05, 0.1) is 10.5 Å². The number of allylic oxidation sites excluding steroid dienone is 3. The summed E-state index contributed by atoms with van der Waals surface area (Å²) in [5.41, 5.74) is 2.34. The van der Waals surface area contributed by atoms with Crippen LogP contribution in [-0.2, 0) is 6.61 Å². The Labute approximate surface area is 172 Å². The van der Waals surface area contributed by atoms with Crippen LogP contribution in [0.3, 0.4) is 0 Å². The van der Waals surface area contributed by atoms with E-state index in [0.29, 0.717) is 17.1 Å². The predicted octanol–water partition coefficient (Wildman–Crippen LogP) is 5.35. The molecule has 0 fully saturated rings. The summed E-state index contributed by atoms with van der Waals surface area (Å²) in [6.07, 6.45) is 5.32. The van der Waals surface area contributed by atoms with E-state index in [2.05, 4.69) is 0 Å². The average Bonchev–Trinajstić information content (AvgIpc) is 3.08. The smallest absolute Gasteiger partial charge is 0.269 e. The van der Waals surface area contributed by atoms with Crippen LogP contribution in [0.1, 0.15) is 21.5 Å². The number of rotatable bonds is 6. The molecular weight excluding hydrogens is 382 g/mol. The lowest BCUT2D eigenvalue weighted by atomic mass is 10.1. The molecule has 0 radical (unpaired) electrons. The Morgan fingerprint density at radius 3 is 2.50 bits per heavy atom. The van der Waals surface area contributed by atoms with Crippen molar-refractivity contribution in [3.8, 4) is 11.5 Å². The van der Waals surface area contributed by atoms with Gasteiger partial charge >= 0.3 is 0 Å². The molecule has 0 atom stereocenters. The lowest BCUT2D eigenvalue weighted by Crippen LogP contribution is -1.97. The maximum Gasteiger partial charge on any atom is 0.269 e. The van der Waals surface area contributed by atoms with Crippen molar-refractivity contribution in [3.05, 3.63) is 118 Å². The van der Waals surface area contributed by atoms with Gasteiger partial charge in [0.15, 0.2) is 5.76 Å². The van der Waals surface area contributed by atoms with Gasteiger partial charge in [-0.1, -0.05) is 42.5 Å². The highest BCUT2D eigenvalue weighted by Gasteiger charge is 2.27. The molecule has 1 aliphatic rings. The lowest BCUT2D eigenvalue weighted by molar-refractivity contribution is -0.384. The van der Waals surface area contributed by atoms with Gasteiger partial charge in [0, 0.05) is 18.2 Å². The fourth-order valence-corrected chi connectivity index (χ4v) is 2.96. The van der Waals surface area contributed by atoms with E-state index in [9.17, 15) is 14.9 Å². The Morgan fingerprint density at radius 1 is 1.00 bits per heavy atom. The first-order chi connectivity index (χ1) is 14.6. The molecule has 148 valence electrons. The molecule has 0 saturated carbocycles. The molecule has 4 rings (SSSR count). The number of hydrogen-bond acceptors (Lipinski definition) is 5. The minimum atomic E-state index is -0.445. The molecule has 30 heavy (non-hydrogen) atoms. The van der Waals surface area contributed by atoms with E-state index < -0.39 is 4.92 Å². The number of carbonyl (C=O) groups is 1. The molecule has 0 saturated heterocycles. The zero-order chi connectivity index (χ0) is 20.9. The fraction of sp³-hybridized carbons (Fsp3) is 0.0417. The molecule has 0 unspecified atom stereocenters. The summed E-state index contributed by atoms with van der Waals surface area (Å²) in [6.45, 7) is 0.243.